The van der Waals surface area contributed by atoms with Gasteiger partial charge in [-0.05, 0) is 23.3 Å². The molecular formula is C23H30N4O3. The van der Waals surface area contributed by atoms with Gasteiger partial charge in [-0.25, -0.2) is 0 Å². The highest BCUT2D eigenvalue weighted by Gasteiger charge is 2.16. The SMILES string of the molecule is O=CNCC(=O)NCc1ccc(N2CCN(CCOCc3ccccc3)CC2)cc1. The molecule has 1 aliphatic rings. The maximum atomic E-state index is 11.5. The number of rotatable bonds is 11. The van der Waals surface area contributed by atoms with Gasteiger partial charge in [-0.1, -0.05) is 42.5 Å². The highest BCUT2D eigenvalue weighted by atomic mass is 16.5. The number of hydrogen-bond acceptors (Lipinski definition) is 5. The molecule has 0 aromatic heterocycles. The summed E-state index contributed by atoms with van der Waals surface area (Å²) in [5.41, 5.74) is 3.45. The predicted octanol–water partition coefficient (Wildman–Crippen LogP) is 1.39. The van der Waals surface area contributed by atoms with Gasteiger partial charge in [0.25, 0.3) is 0 Å². The fourth-order valence-corrected chi connectivity index (χ4v) is 3.41. The Balaban J connectivity index is 1.33. The van der Waals surface area contributed by atoms with Crippen LogP contribution in [-0.2, 0) is 27.5 Å². The Morgan fingerprint density at radius 2 is 1.70 bits per heavy atom. The molecule has 0 atom stereocenters. The number of hydrogen-bond donors (Lipinski definition) is 2. The summed E-state index contributed by atoms with van der Waals surface area (Å²) in [7, 11) is 0. The molecule has 7 heteroatoms. The molecule has 0 unspecified atom stereocenters. The number of piperazine rings is 1. The number of anilines is 1. The van der Waals surface area contributed by atoms with Crippen molar-refractivity contribution < 1.29 is 14.3 Å². The van der Waals surface area contributed by atoms with Crippen LogP contribution in [0.25, 0.3) is 0 Å². The minimum absolute atomic E-state index is 0.00313. The Bertz CT molecular complexity index is 775. The first-order valence-electron chi connectivity index (χ1n) is 10.4. The van der Waals surface area contributed by atoms with E-state index in [9.17, 15) is 9.59 Å². The molecule has 0 bridgehead atoms. The first kappa shape index (κ1) is 21.8. The maximum absolute atomic E-state index is 11.5. The van der Waals surface area contributed by atoms with Crippen LogP contribution in [0.2, 0.25) is 0 Å². The van der Waals surface area contributed by atoms with E-state index in [0.29, 0.717) is 19.6 Å². The molecule has 0 radical (unpaired) electrons. The van der Waals surface area contributed by atoms with Crippen molar-refractivity contribution in [2.75, 3.05) is 50.8 Å². The van der Waals surface area contributed by atoms with Gasteiger partial charge in [0.2, 0.25) is 12.3 Å². The predicted molar refractivity (Wildman–Crippen MR) is 117 cm³/mol. The summed E-state index contributed by atoms with van der Waals surface area (Å²) in [5.74, 6) is -0.199. The Morgan fingerprint density at radius 1 is 0.967 bits per heavy atom. The second-order valence-electron chi connectivity index (χ2n) is 7.31. The minimum Gasteiger partial charge on any atom is -0.375 e. The highest BCUT2D eigenvalue weighted by molar-refractivity contribution is 5.79. The monoisotopic (exact) mass is 410 g/mol. The minimum atomic E-state index is -0.199. The molecular weight excluding hydrogens is 380 g/mol. The molecule has 160 valence electrons. The fraction of sp³-hybridized carbons (Fsp3) is 0.391. The van der Waals surface area contributed by atoms with Crippen LogP contribution in [-0.4, -0.2) is 63.1 Å². The number of ether oxygens (including phenoxy) is 1. The van der Waals surface area contributed by atoms with Crippen LogP contribution in [0.1, 0.15) is 11.1 Å². The van der Waals surface area contributed by atoms with E-state index >= 15 is 0 Å². The van der Waals surface area contributed by atoms with Crippen LogP contribution in [0, 0.1) is 0 Å². The van der Waals surface area contributed by atoms with Crippen molar-refractivity contribution in [2.45, 2.75) is 13.2 Å². The maximum Gasteiger partial charge on any atom is 0.239 e. The van der Waals surface area contributed by atoms with E-state index in [-0.39, 0.29) is 12.5 Å². The normalized spacial score (nSPS) is 14.3. The third-order valence-electron chi connectivity index (χ3n) is 5.17. The van der Waals surface area contributed by atoms with E-state index < -0.39 is 0 Å². The van der Waals surface area contributed by atoms with Gasteiger partial charge in [0, 0.05) is 45.0 Å². The summed E-state index contributed by atoms with van der Waals surface area (Å²) in [6.45, 7) is 6.86. The Labute approximate surface area is 178 Å². The van der Waals surface area contributed by atoms with Crippen LogP contribution in [0.4, 0.5) is 5.69 Å². The Morgan fingerprint density at radius 3 is 2.40 bits per heavy atom. The Hall–Kier alpha value is -2.90. The van der Waals surface area contributed by atoms with Crippen molar-refractivity contribution in [1.29, 1.82) is 0 Å². The third-order valence-corrected chi connectivity index (χ3v) is 5.17. The molecule has 0 aliphatic carbocycles. The van der Waals surface area contributed by atoms with Crippen LogP contribution in [0.15, 0.2) is 54.6 Å². The Kier molecular flexibility index (Phi) is 8.68. The standard InChI is InChI=1S/C23H30N4O3/c28-19-24-17-23(29)25-16-20-6-8-22(9-7-20)27-12-10-26(11-13-27)14-15-30-18-21-4-2-1-3-5-21/h1-9,19H,10-18H2,(H,24,28)(H,25,29). The lowest BCUT2D eigenvalue weighted by atomic mass is 10.1. The molecule has 2 N–H and O–H groups in total. The van der Waals surface area contributed by atoms with Gasteiger partial charge in [-0.3, -0.25) is 14.5 Å². The summed E-state index contributed by atoms with van der Waals surface area (Å²) in [4.78, 5) is 26.6. The van der Waals surface area contributed by atoms with Crippen LogP contribution < -0.4 is 15.5 Å². The molecule has 3 rings (SSSR count). The van der Waals surface area contributed by atoms with E-state index in [1.807, 2.05) is 30.3 Å². The summed E-state index contributed by atoms with van der Waals surface area (Å²) in [5, 5.41) is 5.13. The molecule has 2 amide bonds. The molecule has 2 aromatic rings. The number of amides is 2. The summed E-state index contributed by atoms with van der Waals surface area (Å²) in [6.07, 6.45) is 0.520. The lowest BCUT2D eigenvalue weighted by Crippen LogP contribution is -2.47. The van der Waals surface area contributed by atoms with Gasteiger partial charge < -0.3 is 20.3 Å². The van der Waals surface area contributed by atoms with E-state index in [4.69, 9.17) is 4.74 Å². The van der Waals surface area contributed by atoms with Crippen LogP contribution in [0.5, 0.6) is 0 Å². The lowest BCUT2D eigenvalue weighted by molar-refractivity contribution is -0.122. The summed E-state index contributed by atoms with van der Waals surface area (Å²) >= 11 is 0. The first-order valence-corrected chi connectivity index (χ1v) is 10.4. The van der Waals surface area contributed by atoms with E-state index in [2.05, 4.69) is 44.7 Å². The van der Waals surface area contributed by atoms with Crippen molar-refractivity contribution in [3.63, 3.8) is 0 Å². The molecule has 30 heavy (non-hydrogen) atoms. The van der Waals surface area contributed by atoms with Crippen molar-refractivity contribution in [1.82, 2.24) is 15.5 Å². The van der Waals surface area contributed by atoms with E-state index in [0.717, 1.165) is 44.9 Å². The summed E-state index contributed by atoms with van der Waals surface area (Å²) < 4.78 is 5.80. The molecule has 1 fully saturated rings. The van der Waals surface area contributed by atoms with Gasteiger partial charge >= 0.3 is 0 Å². The molecule has 1 saturated heterocycles. The zero-order chi connectivity index (χ0) is 21.0. The molecule has 2 aromatic carbocycles. The van der Waals surface area contributed by atoms with Gasteiger partial charge in [0.05, 0.1) is 19.8 Å². The number of carbonyl (C=O) groups excluding carboxylic acids is 2. The van der Waals surface area contributed by atoms with E-state index in [1.165, 1.54) is 11.3 Å². The van der Waals surface area contributed by atoms with Crippen molar-refractivity contribution in [3.8, 4) is 0 Å². The molecule has 0 spiro atoms. The van der Waals surface area contributed by atoms with Crippen molar-refractivity contribution in [2.24, 2.45) is 0 Å². The number of benzene rings is 2. The van der Waals surface area contributed by atoms with E-state index in [1.54, 1.807) is 0 Å². The molecule has 1 aliphatic heterocycles. The molecule has 7 nitrogen and oxygen atoms in total. The largest absolute Gasteiger partial charge is 0.375 e. The second-order valence-corrected chi connectivity index (χ2v) is 7.31. The molecule has 1 heterocycles. The average molecular weight is 411 g/mol. The quantitative estimate of drug-likeness (QED) is 0.433. The molecule has 0 saturated carbocycles. The van der Waals surface area contributed by atoms with Crippen molar-refractivity contribution in [3.05, 3.63) is 65.7 Å². The smallest absolute Gasteiger partial charge is 0.239 e. The lowest BCUT2D eigenvalue weighted by Gasteiger charge is -2.36. The highest BCUT2D eigenvalue weighted by Crippen LogP contribution is 2.17. The zero-order valence-corrected chi connectivity index (χ0v) is 17.3. The number of carbonyl (C=O) groups is 2. The fourth-order valence-electron chi connectivity index (χ4n) is 3.41. The zero-order valence-electron chi connectivity index (χ0n) is 17.3. The van der Waals surface area contributed by atoms with Gasteiger partial charge in [0.1, 0.15) is 0 Å². The van der Waals surface area contributed by atoms with Crippen LogP contribution >= 0.6 is 0 Å². The average Bonchev–Trinajstić information content (AvgIpc) is 2.80. The number of nitrogens with one attached hydrogen (secondary N) is 2. The van der Waals surface area contributed by atoms with Gasteiger partial charge in [-0.15, -0.1) is 0 Å². The first-order chi connectivity index (χ1) is 14.7. The topological polar surface area (TPSA) is 73.9 Å². The summed E-state index contributed by atoms with van der Waals surface area (Å²) in [6, 6.07) is 18.5. The number of nitrogens with zero attached hydrogens (tertiary/aromatic N) is 2. The second kappa shape index (κ2) is 11.9. The van der Waals surface area contributed by atoms with Gasteiger partial charge in [-0.2, -0.15) is 0 Å². The van der Waals surface area contributed by atoms with Gasteiger partial charge in [0.15, 0.2) is 0 Å². The third kappa shape index (κ3) is 7.17. The van der Waals surface area contributed by atoms with Crippen molar-refractivity contribution >= 4 is 18.0 Å². The van der Waals surface area contributed by atoms with Crippen LogP contribution in [0.3, 0.4) is 0 Å².